The van der Waals surface area contributed by atoms with Crippen molar-refractivity contribution in [1.82, 2.24) is 5.32 Å². The molecule has 1 atom stereocenters. The lowest BCUT2D eigenvalue weighted by Crippen LogP contribution is -2.38. The van der Waals surface area contributed by atoms with E-state index < -0.39 is 12.0 Å². The van der Waals surface area contributed by atoms with Crippen molar-refractivity contribution in [2.24, 2.45) is 17.1 Å². The molecule has 0 fully saturated rings. The van der Waals surface area contributed by atoms with Gasteiger partial charge in [-0.3, -0.25) is 9.59 Å². The molecule has 19 heavy (non-hydrogen) atoms. The topological polar surface area (TPSA) is 92.4 Å². The maximum atomic E-state index is 12.0. The number of rotatable bonds is 9. The molecule has 1 amide bonds. The number of aliphatic carboxylic acids is 1. The summed E-state index contributed by atoms with van der Waals surface area (Å²) in [7, 11) is 0. The van der Waals surface area contributed by atoms with Gasteiger partial charge in [-0.1, -0.05) is 27.7 Å². The minimum absolute atomic E-state index is 0.0590. The van der Waals surface area contributed by atoms with Crippen LogP contribution in [0.25, 0.3) is 0 Å². The third kappa shape index (κ3) is 7.82. The van der Waals surface area contributed by atoms with Crippen LogP contribution in [0.15, 0.2) is 0 Å². The van der Waals surface area contributed by atoms with Gasteiger partial charge in [0.2, 0.25) is 5.91 Å². The first-order valence-corrected chi connectivity index (χ1v) is 6.93. The average molecular weight is 272 g/mol. The van der Waals surface area contributed by atoms with Gasteiger partial charge in [-0.25, -0.2) is 0 Å². The van der Waals surface area contributed by atoms with E-state index in [4.69, 9.17) is 10.8 Å². The Kier molecular flexibility index (Phi) is 7.68. The van der Waals surface area contributed by atoms with Crippen LogP contribution in [0.1, 0.15) is 53.4 Å². The van der Waals surface area contributed by atoms with Crippen LogP contribution in [0.4, 0.5) is 0 Å². The molecule has 5 nitrogen and oxygen atoms in total. The van der Waals surface area contributed by atoms with E-state index in [0.29, 0.717) is 25.3 Å². The van der Waals surface area contributed by atoms with E-state index in [2.05, 4.69) is 19.2 Å². The molecule has 0 aliphatic rings. The highest BCUT2D eigenvalue weighted by Crippen LogP contribution is 2.25. The Labute approximate surface area is 115 Å². The Hall–Kier alpha value is -1.10. The van der Waals surface area contributed by atoms with Crippen LogP contribution >= 0.6 is 0 Å². The predicted octanol–water partition coefficient (Wildman–Crippen LogP) is 1.76. The summed E-state index contributed by atoms with van der Waals surface area (Å²) in [5, 5.41) is 11.5. The van der Waals surface area contributed by atoms with E-state index in [1.165, 1.54) is 0 Å². The monoisotopic (exact) mass is 272 g/mol. The Balaban J connectivity index is 3.83. The van der Waals surface area contributed by atoms with E-state index in [0.717, 1.165) is 12.8 Å². The molecule has 0 heterocycles. The molecule has 0 aromatic rings. The lowest BCUT2D eigenvalue weighted by Gasteiger charge is -2.25. The second-order valence-electron chi connectivity index (χ2n) is 6.18. The molecule has 5 heteroatoms. The molecular weight excluding hydrogens is 244 g/mol. The number of hydrogen-bond donors (Lipinski definition) is 3. The van der Waals surface area contributed by atoms with Crippen molar-refractivity contribution in [3.8, 4) is 0 Å². The second-order valence-corrected chi connectivity index (χ2v) is 6.18. The largest absolute Gasteiger partial charge is 0.480 e. The molecule has 0 saturated heterocycles. The van der Waals surface area contributed by atoms with Crippen LogP contribution in [0.5, 0.6) is 0 Å². The molecule has 0 bridgehead atoms. The minimum atomic E-state index is -0.970. The smallest absolute Gasteiger partial charge is 0.320 e. The van der Waals surface area contributed by atoms with Gasteiger partial charge in [-0.15, -0.1) is 0 Å². The number of carboxylic acid groups (broad SMARTS) is 1. The zero-order valence-electron chi connectivity index (χ0n) is 12.5. The highest BCUT2D eigenvalue weighted by Gasteiger charge is 2.27. The lowest BCUT2D eigenvalue weighted by molar-refractivity contribution is -0.138. The van der Waals surface area contributed by atoms with E-state index in [1.807, 2.05) is 13.8 Å². The third-order valence-corrected chi connectivity index (χ3v) is 3.08. The highest BCUT2D eigenvalue weighted by atomic mass is 16.4. The summed E-state index contributed by atoms with van der Waals surface area (Å²) in [5.41, 5.74) is 5.04. The summed E-state index contributed by atoms with van der Waals surface area (Å²) in [6.07, 6.45) is 2.76. The molecular formula is C14H28N2O3. The van der Waals surface area contributed by atoms with Gasteiger partial charge in [0, 0.05) is 12.0 Å². The second kappa shape index (κ2) is 8.15. The highest BCUT2D eigenvalue weighted by molar-refractivity contribution is 5.81. The Morgan fingerprint density at radius 2 is 1.84 bits per heavy atom. The summed E-state index contributed by atoms with van der Waals surface area (Å²) >= 11 is 0. The molecule has 0 aliphatic heterocycles. The number of carbonyl (C=O) groups is 2. The zero-order chi connectivity index (χ0) is 15.1. The van der Waals surface area contributed by atoms with Gasteiger partial charge < -0.3 is 16.2 Å². The van der Waals surface area contributed by atoms with Gasteiger partial charge in [-0.05, 0) is 31.6 Å². The number of carboxylic acids is 1. The van der Waals surface area contributed by atoms with Crippen molar-refractivity contribution >= 4 is 11.9 Å². The number of nitrogens with two attached hydrogens (primary N) is 1. The SMILES string of the molecule is CC(C)CC(C)(C)C(=O)NCCCC[C@H](N)C(=O)O. The minimum Gasteiger partial charge on any atom is -0.480 e. The number of amides is 1. The molecule has 0 unspecified atom stereocenters. The maximum absolute atomic E-state index is 12.0. The van der Waals surface area contributed by atoms with Crippen LogP contribution in [0.3, 0.4) is 0 Å². The normalized spacial score (nSPS) is 13.4. The first-order valence-electron chi connectivity index (χ1n) is 6.93. The van der Waals surface area contributed by atoms with Crippen molar-refractivity contribution in [1.29, 1.82) is 0 Å². The molecule has 0 aromatic heterocycles. The predicted molar refractivity (Wildman–Crippen MR) is 75.7 cm³/mol. The Morgan fingerprint density at radius 3 is 2.32 bits per heavy atom. The quantitative estimate of drug-likeness (QED) is 0.558. The summed E-state index contributed by atoms with van der Waals surface area (Å²) in [4.78, 5) is 22.5. The number of hydrogen-bond acceptors (Lipinski definition) is 3. The summed E-state index contributed by atoms with van der Waals surface area (Å²) in [6.45, 7) is 8.67. The van der Waals surface area contributed by atoms with Gasteiger partial charge >= 0.3 is 5.97 Å². The maximum Gasteiger partial charge on any atom is 0.320 e. The standard InChI is InChI=1S/C14H28N2O3/c1-10(2)9-14(3,4)13(19)16-8-6-5-7-11(15)12(17)18/h10-11H,5-9,15H2,1-4H3,(H,16,19)(H,17,18)/t11-/m0/s1. The van der Waals surface area contributed by atoms with Crippen LogP contribution < -0.4 is 11.1 Å². The third-order valence-electron chi connectivity index (χ3n) is 3.08. The molecule has 4 N–H and O–H groups in total. The van der Waals surface area contributed by atoms with Gasteiger partial charge in [0.1, 0.15) is 6.04 Å². The average Bonchev–Trinajstić information content (AvgIpc) is 2.25. The Bertz CT molecular complexity index is 301. The number of nitrogens with one attached hydrogen (secondary N) is 1. The van der Waals surface area contributed by atoms with Crippen LogP contribution in [0, 0.1) is 11.3 Å². The van der Waals surface area contributed by atoms with Crippen LogP contribution in [-0.4, -0.2) is 29.6 Å². The fourth-order valence-corrected chi connectivity index (χ4v) is 2.17. The van der Waals surface area contributed by atoms with Gasteiger partial charge in [0.15, 0.2) is 0 Å². The van der Waals surface area contributed by atoms with E-state index in [9.17, 15) is 9.59 Å². The van der Waals surface area contributed by atoms with Crippen molar-refractivity contribution in [2.75, 3.05) is 6.54 Å². The van der Waals surface area contributed by atoms with E-state index in [-0.39, 0.29) is 11.3 Å². The molecule has 112 valence electrons. The van der Waals surface area contributed by atoms with Crippen LogP contribution in [-0.2, 0) is 9.59 Å². The van der Waals surface area contributed by atoms with E-state index in [1.54, 1.807) is 0 Å². The van der Waals surface area contributed by atoms with E-state index >= 15 is 0 Å². The summed E-state index contributed by atoms with van der Waals surface area (Å²) in [6, 6.07) is -0.798. The van der Waals surface area contributed by atoms with Gasteiger partial charge in [-0.2, -0.15) is 0 Å². The number of unbranched alkanes of at least 4 members (excludes halogenated alkanes) is 1. The first-order chi connectivity index (χ1) is 8.66. The zero-order valence-corrected chi connectivity index (χ0v) is 12.5. The summed E-state index contributed by atoms with van der Waals surface area (Å²) in [5.74, 6) is -0.430. The molecule has 0 spiro atoms. The van der Waals surface area contributed by atoms with Gasteiger partial charge in [0.05, 0.1) is 0 Å². The van der Waals surface area contributed by atoms with Crippen LogP contribution in [0.2, 0.25) is 0 Å². The van der Waals surface area contributed by atoms with Crippen molar-refractivity contribution in [2.45, 2.75) is 59.4 Å². The van der Waals surface area contributed by atoms with Crippen molar-refractivity contribution in [3.63, 3.8) is 0 Å². The van der Waals surface area contributed by atoms with Crippen molar-refractivity contribution in [3.05, 3.63) is 0 Å². The Morgan fingerprint density at radius 1 is 1.26 bits per heavy atom. The van der Waals surface area contributed by atoms with Gasteiger partial charge in [0.25, 0.3) is 0 Å². The number of carbonyl (C=O) groups excluding carboxylic acids is 1. The fraction of sp³-hybridized carbons (Fsp3) is 0.857. The van der Waals surface area contributed by atoms with Crippen molar-refractivity contribution < 1.29 is 14.7 Å². The molecule has 0 aliphatic carbocycles. The molecule has 0 saturated carbocycles. The first kappa shape index (κ1) is 17.9. The lowest BCUT2D eigenvalue weighted by atomic mass is 9.83. The molecule has 0 aromatic carbocycles. The fourth-order valence-electron chi connectivity index (χ4n) is 2.17. The summed E-state index contributed by atoms with van der Waals surface area (Å²) < 4.78 is 0. The molecule has 0 rings (SSSR count). The molecule has 0 radical (unpaired) electrons.